The van der Waals surface area contributed by atoms with Crippen molar-refractivity contribution in [2.45, 2.75) is 0 Å². The van der Waals surface area contributed by atoms with Crippen molar-refractivity contribution in [3.63, 3.8) is 0 Å². The lowest BCUT2D eigenvalue weighted by Crippen LogP contribution is -1.96. The van der Waals surface area contributed by atoms with Gasteiger partial charge in [-0.2, -0.15) is 5.10 Å². The highest BCUT2D eigenvalue weighted by atomic mass is 79.9. The van der Waals surface area contributed by atoms with Crippen molar-refractivity contribution in [1.82, 2.24) is 10.2 Å². The number of halogens is 1. The van der Waals surface area contributed by atoms with Crippen molar-refractivity contribution in [3.05, 3.63) is 16.6 Å². The van der Waals surface area contributed by atoms with Crippen LogP contribution < -0.4 is 19.9 Å². The summed E-state index contributed by atoms with van der Waals surface area (Å²) in [5.41, 5.74) is 7.13. The molecule has 2 rings (SSSR count). The number of ether oxygens (including phenoxy) is 3. The molecule has 0 aliphatic rings. The number of aromatic amines is 1. The molecule has 1 aromatic heterocycles. The van der Waals surface area contributed by atoms with Crippen molar-refractivity contribution in [1.29, 1.82) is 0 Å². The van der Waals surface area contributed by atoms with Gasteiger partial charge in [0, 0.05) is 12.1 Å². The SMILES string of the molecule is COc1cc(OC)c(-c2[nH]nc(N)c2Br)c(OC)c1. The minimum atomic E-state index is 0.370. The number of nitrogens with zero attached hydrogens (tertiary/aromatic N) is 1. The summed E-state index contributed by atoms with van der Waals surface area (Å²) in [5, 5.41) is 6.80. The average molecular weight is 328 g/mol. The molecule has 0 amide bonds. The standard InChI is InChI=1S/C12H14BrN3O3/c1-17-6-4-7(18-2)9(8(5-6)19-3)11-10(13)12(14)16-15-11/h4-5H,1-3H3,(H3,14,15,16). The highest BCUT2D eigenvalue weighted by Crippen LogP contribution is 2.44. The van der Waals surface area contributed by atoms with Gasteiger partial charge in [0.05, 0.1) is 37.1 Å². The van der Waals surface area contributed by atoms with Crippen LogP contribution >= 0.6 is 15.9 Å². The number of hydrogen-bond acceptors (Lipinski definition) is 5. The second-order valence-corrected chi connectivity index (χ2v) is 4.50. The molecule has 0 fully saturated rings. The molecule has 19 heavy (non-hydrogen) atoms. The number of nitrogens with two attached hydrogens (primary N) is 1. The molecule has 0 aliphatic carbocycles. The van der Waals surface area contributed by atoms with Gasteiger partial charge >= 0.3 is 0 Å². The minimum Gasteiger partial charge on any atom is -0.496 e. The summed E-state index contributed by atoms with van der Waals surface area (Å²) in [6.07, 6.45) is 0. The molecule has 0 saturated carbocycles. The predicted molar refractivity (Wildman–Crippen MR) is 75.8 cm³/mol. The van der Waals surface area contributed by atoms with Gasteiger partial charge in [-0.3, -0.25) is 5.10 Å². The van der Waals surface area contributed by atoms with Gasteiger partial charge in [0.15, 0.2) is 5.82 Å². The van der Waals surface area contributed by atoms with Crippen LogP contribution in [0.1, 0.15) is 0 Å². The van der Waals surface area contributed by atoms with Gasteiger partial charge < -0.3 is 19.9 Å². The smallest absolute Gasteiger partial charge is 0.160 e. The lowest BCUT2D eigenvalue weighted by molar-refractivity contribution is 0.377. The highest BCUT2D eigenvalue weighted by molar-refractivity contribution is 9.10. The Hall–Kier alpha value is -1.89. The largest absolute Gasteiger partial charge is 0.496 e. The van der Waals surface area contributed by atoms with Crippen molar-refractivity contribution >= 4 is 21.7 Å². The van der Waals surface area contributed by atoms with Crippen molar-refractivity contribution in [2.75, 3.05) is 27.1 Å². The van der Waals surface area contributed by atoms with Gasteiger partial charge in [-0.1, -0.05) is 0 Å². The number of anilines is 1. The number of hydrogen-bond donors (Lipinski definition) is 2. The molecule has 0 aliphatic heterocycles. The first-order chi connectivity index (χ1) is 9.12. The summed E-state index contributed by atoms with van der Waals surface area (Å²) in [7, 11) is 4.73. The van der Waals surface area contributed by atoms with E-state index in [0.29, 0.717) is 33.2 Å². The van der Waals surface area contributed by atoms with Gasteiger partial charge in [-0.15, -0.1) is 0 Å². The van der Waals surface area contributed by atoms with E-state index in [1.165, 1.54) is 0 Å². The molecule has 7 heteroatoms. The second kappa shape index (κ2) is 5.40. The predicted octanol–water partition coefficient (Wildman–Crippen LogP) is 2.45. The molecule has 0 radical (unpaired) electrons. The summed E-state index contributed by atoms with van der Waals surface area (Å²) in [6, 6.07) is 3.53. The molecule has 0 unspecified atom stereocenters. The zero-order chi connectivity index (χ0) is 14.0. The first-order valence-corrected chi connectivity index (χ1v) is 6.21. The summed E-state index contributed by atoms with van der Waals surface area (Å²) < 4.78 is 16.6. The molecule has 6 nitrogen and oxygen atoms in total. The molecule has 2 aromatic rings. The maximum absolute atomic E-state index is 5.72. The van der Waals surface area contributed by atoms with Crippen LogP contribution in [0.5, 0.6) is 17.2 Å². The normalized spacial score (nSPS) is 10.3. The molecule has 3 N–H and O–H groups in total. The fourth-order valence-corrected chi connectivity index (χ4v) is 2.14. The van der Waals surface area contributed by atoms with Crippen molar-refractivity contribution in [3.8, 4) is 28.5 Å². The molecular formula is C12H14BrN3O3. The van der Waals surface area contributed by atoms with Crippen molar-refractivity contribution in [2.24, 2.45) is 0 Å². The van der Waals surface area contributed by atoms with Crippen LogP contribution in [0.15, 0.2) is 16.6 Å². The quantitative estimate of drug-likeness (QED) is 0.901. The Kier molecular flexibility index (Phi) is 3.84. The number of nitrogen functional groups attached to an aromatic ring is 1. The van der Waals surface area contributed by atoms with Crippen LogP contribution in [-0.2, 0) is 0 Å². The lowest BCUT2D eigenvalue weighted by Gasteiger charge is -2.14. The van der Waals surface area contributed by atoms with E-state index in [4.69, 9.17) is 19.9 Å². The third kappa shape index (κ3) is 2.33. The summed E-state index contributed by atoms with van der Waals surface area (Å²) in [6.45, 7) is 0. The molecule has 1 aromatic carbocycles. The summed E-state index contributed by atoms with van der Waals surface area (Å²) >= 11 is 3.39. The minimum absolute atomic E-state index is 0.370. The molecule has 0 spiro atoms. The van der Waals surface area contributed by atoms with E-state index < -0.39 is 0 Å². The number of rotatable bonds is 4. The van der Waals surface area contributed by atoms with Crippen LogP contribution in [0, 0.1) is 0 Å². The second-order valence-electron chi connectivity index (χ2n) is 3.70. The number of aromatic nitrogens is 2. The Morgan fingerprint density at radius 1 is 1.11 bits per heavy atom. The Labute approximate surface area is 119 Å². The van der Waals surface area contributed by atoms with E-state index >= 15 is 0 Å². The van der Waals surface area contributed by atoms with Gasteiger partial charge in [0.25, 0.3) is 0 Å². The van der Waals surface area contributed by atoms with E-state index in [0.717, 1.165) is 5.56 Å². The third-order valence-corrected chi connectivity index (χ3v) is 3.50. The molecular weight excluding hydrogens is 314 g/mol. The topological polar surface area (TPSA) is 82.4 Å². The summed E-state index contributed by atoms with van der Waals surface area (Å²) in [5.74, 6) is 2.21. The molecule has 0 bridgehead atoms. The monoisotopic (exact) mass is 327 g/mol. The van der Waals surface area contributed by atoms with Crippen LogP contribution in [-0.4, -0.2) is 31.5 Å². The molecule has 1 heterocycles. The number of methoxy groups -OCH3 is 3. The zero-order valence-electron chi connectivity index (χ0n) is 10.8. The fraction of sp³-hybridized carbons (Fsp3) is 0.250. The van der Waals surface area contributed by atoms with E-state index in [1.807, 2.05) is 0 Å². The van der Waals surface area contributed by atoms with E-state index in [9.17, 15) is 0 Å². The van der Waals surface area contributed by atoms with E-state index in [-0.39, 0.29) is 0 Å². The Morgan fingerprint density at radius 2 is 1.68 bits per heavy atom. The van der Waals surface area contributed by atoms with Gasteiger partial charge in [-0.05, 0) is 15.9 Å². The van der Waals surface area contributed by atoms with E-state index in [2.05, 4.69) is 26.1 Å². The fourth-order valence-electron chi connectivity index (χ4n) is 1.76. The highest BCUT2D eigenvalue weighted by Gasteiger charge is 2.20. The molecule has 0 atom stereocenters. The average Bonchev–Trinajstić information content (AvgIpc) is 2.77. The van der Waals surface area contributed by atoms with Gasteiger partial charge in [0.2, 0.25) is 0 Å². The van der Waals surface area contributed by atoms with Gasteiger partial charge in [0.1, 0.15) is 17.2 Å². The lowest BCUT2D eigenvalue weighted by atomic mass is 10.1. The maximum atomic E-state index is 5.72. The molecule has 0 saturated heterocycles. The Balaban J connectivity index is 2.70. The van der Waals surface area contributed by atoms with Gasteiger partial charge in [-0.25, -0.2) is 0 Å². The Morgan fingerprint density at radius 3 is 2.05 bits per heavy atom. The van der Waals surface area contributed by atoms with Crippen molar-refractivity contribution < 1.29 is 14.2 Å². The number of H-pyrrole nitrogens is 1. The number of nitrogens with one attached hydrogen (secondary N) is 1. The zero-order valence-corrected chi connectivity index (χ0v) is 12.4. The van der Waals surface area contributed by atoms with Crippen LogP contribution in [0.4, 0.5) is 5.82 Å². The van der Waals surface area contributed by atoms with Crippen LogP contribution in [0.25, 0.3) is 11.3 Å². The van der Waals surface area contributed by atoms with Crippen LogP contribution in [0.2, 0.25) is 0 Å². The van der Waals surface area contributed by atoms with E-state index in [1.54, 1.807) is 33.5 Å². The summed E-state index contributed by atoms with van der Waals surface area (Å²) in [4.78, 5) is 0. The maximum Gasteiger partial charge on any atom is 0.160 e. The Bertz CT molecular complexity index is 573. The molecule has 102 valence electrons. The third-order valence-electron chi connectivity index (χ3n) is 2.70. The first-order valence-electron chi connectivity index (χ1n) is 5.42. The first kappa shape index (κ1) is 13.5. The number of benzene rings is 1. The van der Waals surface area contributed by atoms with Crippen LogP contribution in [0.3, 0.4) is 0 Å².